The second kappa shape index (κ2) is 9.17. The van der Waals surface area contributed by atoms with Crippen LogP contribution in [0, 0.1) is 13.8 Å². The SMILES string of the molecule is Cc1ccc(OCn2cc(NC(=O)c3ccn(COc4ccccc4)n3)cn2)c(C)c1. The lowest BCUT2D eigenvalue weighted by Gasteiger charge is -2.09. The van der Waals surface area contributed by atoms with E-state index in [2.05, 4.69) is 21.6 Å². The molecule has 1 N–H and O–H groups in total. The largest absolute Gasteiger partial charge is 0.471 e. The van der Waals surface area contributed by atoms with Crippen LogP contribution in [0.3, 0.4) is 0 Å². The van der Waals surface area contributed by atoms with Gasteiger partial charge in [0.25, 0.3) is 5.91 Å². The number of hydrogen-bond donors (Lipinski definition) is 1. The van der Waals surface area contributed by atoms with Gasteiger partial charge in [0.15, 0.2) is 19.2 Å². The molecule has 31 heavy (non-hydrogen) atoms. The van der Waals surface area contributed by atoms with Crippen molar-refractivity contribution in [3.8, 4) is 11.5 Å². The third-order valence-electron chi connectivity index (χ3n) is 4.55. The van der Waals surface area contributed by atoms with Gasteiger partial charge in [-0.05, 0) is 43.7 Å². The number of rotatable bonds is 8. The van der Waals surface area contributed by atoms with E-state index >= 15 is 0 Å². The Kier molecular flexibility index (Phi) is 5.98. The molecular formula is C23H23N5O3. The third kappa shape index (κ3) is 5.30. The number of nitrogens with zero attached hydrogens (tertiary/aromatic N) is 4. The minimum Gasteiger partial charge on any atom is -0.471 e. The number of aromatic nitrogens is 4. The monoisotopic (exact) mass is 417 g/mol. The summed E-state index contributed by atoms with van der Waals surface area (Å²) in [5, 5.41) is 11.3. The molecular weight excluding hydrogens is 394 g/mol. The summed E-state index contributed by atoms with van der Waals surface area (Å²) in [6, 6.07) is 17.1. The highest BCUT2D eigenvalue weighted by atomic mass is 16.5. The first-order valence-corrected chi connectivity index (χ1v) is 9.82. The zero-order valence-corrected chi connectivity index (χ0v) is 17.4. The van der Waals surface area contributed by atoms with Gasteiger partial charge in [0.05, 0.1) is 18.1 Å². The Morgan fingerprint density at radius 3 is 2.61 bits per heavy atom. The molecule has 0 aliphatic rings. The first-order valence-electron chi connectivity index (χ1n) is 9.82. The molecule has 0 unspecified atom stereocenters. The molecule has 2 heterocycles. The lowest BCUT2D eigenvalue weighted by atomic mass is 10.1. The zero-order chi connectivity index (χ0) is 21.6. The van der Waals surface area contributed by atoms with Crippen LogP contribution in [-0.4, -0.2) is 25.5 Å². The van der Waals surface area contributed by atoms with Crippen molar-refractivity contribution in [2.75, 3.05) is 5.32 Å². The highest BCUT2D eigenvalue weighted by molar-refractivity contribution is 6.02. The van der Waals surface area contributed by atoms with E-state index in [4.69, 9.17) is 9.47 Å². The fourth-order valence-electron chi connectivity index (χ4n) is 3.00. The van der Waals surface area contributed by atoms with Crippen molar-refractivity contribution in [3.05, 3.63) is 90.0 Å². The van der Waals surface area contributed by atoms with Crippen molar-refractivity contribution in [2.24, 2.45) is 0 Å². The number of carbonyl (C=O) groups is 1. The summed E-state index contributed by atoms with van der Waals surface area (Å²) < 4.78 is 14.6. The van der Waals surface area contributed by atoms with Crippen LogP contribution in [0.2, 0.25) is 0 Å². The molecule has 0 spiro atoms. The first-order chi connectivity index (χ1) is 15.1. The molecule has 158 valence electrons. The van der Waals surface area contributed by atoms with Crippen LogP contribution in [-0.2, 0) is 13.5 Å². The minimum atomic E-state index is -0.326. The van der Waals surface area contributed by atoms with Gasteiger partial charge in [-0.25, -0.2) is 9.36 Å². The summed E-state index contributed by atoms with van der Waals surface area (Å²) in [6.45, 7) is 4.50. The van der Waals surface area contributed by atoms with Crippen LogP contribution in [0.4, 0.5) is 5.69 Å². The lowest BCUT2D eigenvalue weighted by Crippen LogP contribution is -2.14. The fraction of sp³-hybridized carbons (Fsp3) is 0.174. The molecule has 0 aliphatic heterocycles. The lowest BCUT2D eigenvalue weighted by molar-refractivity contribution is 0.102. The molecule has 8 heteroatoms. The molecule has 1 amide bonds. The van der Waals surface area contributed by atoms with E-state index in [9.17, 15) is 4.79 Å². The average Bonchev–Trinajstić information content (AvgIpc) is 3.42. The second-order valence-electron chi connectivity index (χ2n) is 7.09. The summed E-state index contributed by atoms with van der Waals surface area (Å²) in [4.78, 5) is 12.5. The molecule has 4 aromatic rings. The number of ether oxygens (including phenoxy) is 2. The average molecular weight is 417 g/mol. The molecule has 0 aliphatic carbocycles. The van der Waals surface area contributed by atoms with Crippen LogP contribution < -0.4 is 14.8 Å². The van der Waals surface area contributed by atoms with Gasteiger partial charge < -0.3 is 14.8 Å². The Morgan fingerprint density at radius 2 is 1.81 bits per heavy atom. The minimum absolute atomic E-state index is 0.213. The number of para-hydroxylation sites is 1. The summed E-state index contributed by atoms with van der Waals surface area (Å²) in [5.74, 6) is 1.21. The normalized spacial score (nSPS) is 10.6. The standard InChI is InChI=1S/C23H23N5O3/c1-17-8-9-22(18(2)12-17)31-16-28-14-19(13-24-28)25-23(29)21-10-11-27(26-21)15-30-20-6-4-3-5-7-20/h3-14H,15-16H2,1-2H3,(H,25,29). The summed E-state index contributed by atoms with van der Waals surface area (Å²) in [7, 11) is 0. The van der Waals surface area contributed by atoms with Gasteiger partial charge in [-0.15, -0.1) is 0 Å². The van der Waals surface area contributed by atoms with Gasteiger partial charge >= 0.3 is 0 Å². The van der Waals surface area contributed by atoms with E-state index in [0.717, 1.165) is 17.1 Å². The van der Waals surface area contributed by atoms with Crippen molar-refractivity contribution >= 4 is 11.6 Å². The maximum absolute atomic E-state index is 12.5. The number of aryl methyl sites for hydroxylation is 2. The highest BCUT2D eigenvalue weighted by Gasteiger charge is 2.11. The van der Waals surface area contributed by atoms with Crippen LogP contribution in [0.1, 0.15) is 21.6 Å². The van der Waals surface area contributed by atoms with Crippen molar-refractivity contribution in [3.63, 3.8) is 0 Å². The van der Waals surface area contributed by atoms with Crippen LogP contribution in [0.25, 0.3) is 0 Å². The highest BCUT2D eigenvalue weighted by Crippen LogP contribution is 2.19. The Hall–Kier alpha value is -4.07. The Morgan fingerprint density at radius 1 is 1.00 bits per heavy atom. The molecule has 4 rings (SSSR count). The molecule has 0 saturated heterocycles. The van der Waals surface area contributed by atoms with Crippen molar-refractivity contribution in [1.29, 1.82) is 0 Å². The van der Waals surface area contributed by atoms with E-state index in [1.807, 2.05) is 56.3 Å². The molecule has 0 saturated carbocycles. The van der Waals surface area contributed by atoms with E-state index in [1.165, 1.54) is 5.56 Å². The van der Waals surface area contributed by atoms with E-state index in [1.54, 1.807) is 34.0 Å². The van der Waals surface area contributed by atoms with Gasteiger partial charge in [-0.3, -0.25) is 4.79 Å². The smallest absolute Gasteiger partial charge is 0.276 e. The van der Waals surface area contributed by atoms with Crippen molar-refractivity contribution < 1.29 is 14.3 Å². The first kappa shape index (κ1) is 20.2. The molecule has 8 nitrogen and oxygen atoms in total. The number of anilines is 1. The fourth-order valence-corrected chi connectivity index (χ4v) is 3.00. The summed E-state index contributed by atoms with van der Waals surface area (Å²) in [6.07, 6.45) is 4.97. The van der Waals surface area contributed by atoms with Gasteiger partial charge in [0, 0.05) is 6.20 Å². The van der Waals surface area contributed by atoms with Crippen molar-refractivity contribution in [1.82, 2.24) is 19.6 Å². The Labute approximate surface area is 180 Å². The van der Waals surface area contributed by atoms with E-state index in [0.29, 0.717) is 5.69 Å². The predicted molar refractivity (Wildman–Crippen MR) is 116 cm³/mol. The van der Waals surface area contributed by atoms with Gasteiger partial charge in [0.1, 0.15) is 11.5 Å². The quantitative estimate of drug-likeness (QED) is 0.468. The van der Waals surface area contributed by atoms with Crippen molar-refractivity contribution in [2.45, 2.75) is 27.3 Å². The molecule has 2 aromatic carbocycles. The maximum Gasteiger partial charge on any atom is 0.276 e. The van der Waals surface area contributed by atoms with Crippen LogP contribution in [0.5, 0.6) is 11.5 Å². The molecule has 0 fully saturated rings. The summed E-state index contributed by atoms with van der Waals surface area (Å²) in [5.41, 5.74) is 3.09. The number of carbonyl (C=O) groups excluding carboxylic acids is 1. The Bertz CT molecular complexity index is 1170. The predicted octanol–water partition coefficient (Wildman–Crippen LogP) is 4.02. The van der Waals surface area contributed by atoms with Crippen LogP contribution in [0.15, 0.2) is 73.2 Å². The number of nitrogens with one attached hydrogen (secondary N) is 1. The number of amides is 1. The van der Waals surface area contributed by atoms with Crippen LogP contribution >= 0.6 is 0 Å². The molecule has 0 radical (unpaired) electrons. The molecule has 0 atom stereocenters. The zero-order valence-electron chi connectivity index (χ0n) is 17.4. The topological polar surface area (TPSA) is 83.2 Å². The van der Waals surface area contributed by atoms with Gasteiger partial charge in [0.2, 0.25) is 0 Å². The van der Waals surface area contributed by atoms with Gasteiger partial charge in [-0.2, -0.15) is 10.2 Å². The number of hydrogen-bond acceptors (Lipinski definition) is 5. The maximum atomic E-state index is 12.5. The Balaban J connectivity index is 1.30. The number of benzene rings is 2. The summed E-state index contributed by atoms with van der Waals surface area (Å²) >= 11 is 0. The third-order valence-corrected chi connectivity index (χ3v) is 4.55. The van der Waals surface area contributed by atoms with E-state index in [-0.39, 0.29) is 25.1 Å². The second-order valence-corrected chi connectivity index (χ2v) is 7.09. The van der Waals surface area contributed by atoms with E-state index < -0.39 is 0 Å². The molecule has 0 bridgehead atoms. The van der Waals surface area contributed by atoms with Gasteiger partial charge in [-0.1, -0.05) is 35.9 Å². The molecule has 2 aromatic heterocycles.